The molecule has 0 spiro atoms. The lowest BCUT2D eigenvalue weighted by Crippen LogP contribution is -2.08. The number of rotatable bonds is 4. The second-order valence-corrected chi connectivity index (χ2v) is 4.45. The summed E-state index contributed by atoms with van der Waals surface area (Å²) in [6.45, 7) is 0. The van der Waals surface area contributed by atoms with Gasteiger partial charge in [-0.25, -0.2) is 0 Å². The first-order valence-corrected chi connectivity index (χ1v) is 6.02. The van der Waals surface area contributed by atoms with Gasteiger partial charge in [0, 0.05) is 25.2 Å². The van der Waals surface area contributed by atoms with Crippen molar-refractivity contribution in [2.45, 2.75) is 19.0 Å². The maximum absolute atomic E-state index is 12.4. The number of benzene rings is 1. The highest BCUT2D eigenvalue weighted by Gasteiger charge is 2.29. The molecule has 20 heavy (non-hydrogen) atoms. The van der Waals surface area contributed by atoms with Crippen LogP contribution < -0.4 is 0 Å². The number of hydrogen-bond acceptors (Lipinski definition) is 2. The van der Waals surface area contributed by atoms with Gasteiger partial charge < -0.3 is 0 Å². The molecule has 0 aliphatic rings. The highest BCUT2D eigenvalue weighted by molar-refractivity contribution is 5.83. The Morgan fingerprint density at radius 3 is 2.20 bits per heavy atom. The SMILES string of the molecule is O=C(Cc1ccc(C(F)(F)F)cc1)Cc1cccnc1. The summed E-state index contributed by atoms with van der Waals surface area (Å²) >= 11 is 0. The van der Waals surface area contributed by atoms with Gasteiger partial charge in [-0.05, 0) is 29.3 Å². The van der Waals surface area contributed by atoms with Crippen LogP contribution in [-0.2, 0) is 23.8 Å². The first kappa shape index (κ1) is 14.2. The van der Waals surface area contributed by atoms with E-state index in [4.69, 9.17) is 0 Å². The van der Waals surface area contributed by atoms with Gasteiger partial charge in [-0.15, -0.1) is 0 Å². The van der Waals surface area contributed by atoms with Crippen LogP contribution in [-0.4, -0.2) is 10.8 Å². The van der Waals surface area contributed by atoms with Crippen molar-refractivity contribution in [2.75, 3.05) is 0 Å². The maximum Gasteiger partial charge on any atom is 0.416 e. The average Bonchev–Trinajstić information content (AvgIpc) is 2.39. The minimum atomic E-state index is -4.35. The number of pyridine rings is 1. The zero-order valence-electron chi connectivity index (χ0n) is 10.5. The van der Waals surface area contributed by atoms with E-state index in [1.807, 2.05) is 0 Å². The van der Waals surface area contributed by atoms with Crippen LogP contribution in [0.5, 0.6) is 0 Å². The molecule has 1 heterocycles. The molecule has 0 unspecified atom stereocenters. The van der Waals surface area contributed by atoms with Crippen LogP contribution in [0, 0.1) is 0 Å². The third kappa shape index (κ3) is 3.91. The lowest BCUT2D eigenvalue weighted by molar-refractivity contribution is -0.137. The largest absolute Gasteiger partial charge is 0.416 e. The van der Waals surface area contributed by atoms with Crippen molar-refractivity contribution >= 4 is 5.78 Å². The number of carbonyl (C=O) groups excluding carboxylic acids is 1. The van der Waals surface area contributed by atoms with E-state index in [-0.39, 0.29) is 18.6 Å². The number of Topliss-reactive ketones (excluding diaryl/α,β-unsaturated/α-hetero) is 1. The summed E-state index contributed by atoms with van der Waals surface area (Å²) in [5, 5.41) is 0. The van der Waals surface area contributed by atoms with E-state index >= 15 is 0 Å². The van der Waals surface area contributed by atoms with Crippen molar-refractivity contribution in [3.8, 4) is 0 Å². The molecule has 0 atom stereocenters. The van der Waals surface area contributed by atoms with Crippen LogP contribution in [0.3, 0.4) is 0 Å². The Morgan fingerprint density at radius 1 is 1.00 bits per heavy atom. The monoisotopic (exact) mass is 279 g/mol. The van der Waals surface area contributed by atoms with E-state index in [1.54, 1.807) is 24.5 Å². The van der Waals surface area contributed by atoms with E-state index in [2.05, 4.69) is 4.98 Å². The van der Waals surface area contributed by atoms with E-state index < -0.39 is 11.7 Å². The first-order valence-electron chi connectivity index (χ1n) is 6.02. The fourth-order valence-electron chi connectivity index (χ4n) is 1.83. The Morgan fingerprint density at radius 2 is 1.65 bits per heavy atom. The highest BCUT2D eigenvalue weighted by Crippen LogP contribution is 2.29. The molecule has 0 fully saturated rings. The molecule has 0 saturated carbocycles. The summed E-state index contributed by atoms with van der Waals surface area (Å²) in [5.41, 5.74) is 0.664. The molecule has 104 valence electrons. The van der Waals surface area contributed by atoms with Gasteiger partial charge in [0.1, 0.15) is 5.78 Å². The number of halogens is 3. The molecule has 2 aromatic rings. The summed E-state index contributed by atoms with van der Waals surface area (Å²) in [4.78, 5) is 15.7. The third-order valence-corrected chi connectivity index (χ3v) is 2.81. The Bertz CT molecular complexity index is 576. The summed E-state index contributed by atoms with van der Waals surface area (Å²) in [5.74, 6) is -0.0576. The maximum atomic E-state index is 12.4. The predicted molar refractivity (Wildman–Crippen MR) is 68.1 cm³/mol. The van der Waals surface area contributed by atoms with Crippen molar-refractivity contribution in [3.05, 3.63) is 65.5 Å². The number of hydrogen-bond donors (Lipinski definition) is 0. The van der Waals surface area contributed by atoms with Crippen LogP contribution in [0.25, 0.3) is 0 Å². The van der Waals surface area contributed by atoms with Gasteiger partial charge in [-0.3, -0.25) is 9.78 Å². The van der Waals surface area contributed by atoms with Crippen molar-refractivity contribution in [1.82, 2.24) is 4.98 Å². The number of aromatic nitrogens is 1. The van der Waals surface area contributed by atoms with Gasteiger partial charge >= 0.3 is 6.18 Å². The number of alkyl halides is 3. The van der Waals surface area contributed by atoms with Crippen LogP contribution in [0.4, 0.5) is 13.2 Å². The van der Waals surface area contributed by atoms with E-state index in [1.165, 1.54) is 12.1 Å². The highest BCUT2D eigenvalue weighted by atomic mass is 19.4. The van der Waals surface area contributed by atoms with Crippen LogP contribution in [0.15, 0.2) is 48.8 Å². The molecule has 0 aliphatic heterocycles. The van der Waals surface area contributed by atoms with Crippen molar-refractivity contribution in [1.29, 1.82) is 0 Å². The minimum absolute atomic E-state index is 0.0576. The van der Waals surface area contributed by atoms with Crippen LogP contribution in [0.2, 0.25) is 0 Å². The van der Waals surface area contributed by atoms with Crippen LogP contribution >= 0.6 is 0 Å². The Hall–Kier alpha value is -2.17. The zero-order chi connectivity index (χ0) is 14.6. The second kappa shape index (κ2) is 5.86. The molecule has 0 amide bonds. The van der Waals surface area contributed by atoms with E-state index in [0.29, 0.717) is 5.56 Å². The quantitative estimate of drug-likeness (QED) is 0.858. The van der Waals surface area contributed by atoms with Gasteiger partial charge in [-0.2, -0.15) is 13.2 Å². The predicted octanol–water partition coefficient (Wildman–Crippen LogP) is 3.45. The smallest absolute Gasteiger partial charge is 0.299 e. The van der Waals surface area contributed by atoms with E-state index in [0.717, 1.165) is 17.7 Å². The molecule has 1 aromatic carbocycles. The molecular weight excluding hydrogens is 267 g/mol. The molecule has 0 saturated heterocycles. The molecular formula is C15H12F3NO. The van der Waals surface area contributed by atoms with Gasteiger partial charge in [0.25, 0.3) is 0 Å². The summed E-state index contributed by atoms with van der Waals surface area (Å²) < 4.78 is 37.2. The number of ketones is 1. The molecule has 0 N–H and O–H groups in total. The minimum Gasteiger partial charge on any atom is -0.299 e. The fourth-order valence-corrected chi connectivity index (χ4v) is 1.83. The molecule has 5 heteroatoms. The lowest BCUT2D eigenvalue weighted by Gasteiger charge is -2.07. The topological polar surface area (TPSA) is 30.0 Å². The molecule has 1 aromatic heterocycles. The van der Waals surface area contributed by atoms with E-state index in [9.17, 15) is 18.0 Å². The van der Waals surface area contributed by atoms with Crippen molar-refractivity contribution in [3.63, 3.8) is 0 Å². The standard InChI is InChI=1S/C15H12F3NO/c16-15(17,18)13-5-3-11(4-6-13)8-14(20)9-12-2-1-7-19-10-12/h1-7,10H,8-9H2. The normalized spacial score (nSPS) is 11.3. The summed E-state index contributed by atoms with van der Waals surface area (Å²) in [6, 6.07) is 8.19. The number of carbonyl (C=O) groups is 1. The summed E-state index contributed by atoms with van der Waals surface area (Å²) in [7, 11) is 0. The van der Waals surface area contributed by atoms with Gasteiger partial charge in [-0.1, -0.05) is 18.2 Å². The first-order chi connectivity index (χ1) is 9.45. The third-order valence-electron chi connectivity index (χ3n) is 2.81. The van der Waals surface area contributed by atoms with Crippen molar-refractivity contribution in [2.24, 2.45) is 0 Å². The molecule has 0 bridgehead atoms. The Kier molecular flexibility index (Phi) is 4.17. The lowest BCUT2D eigenvalue weighted by atomic mass is 10.0. The Balaban J connectivity index is 1.98. The second-order valence-electron chi connectivity index (χ2n) is 4.45. The molecule has 2 rings (SSSR count). The molecule has 2 nitrogen and oxygen atoms in total. The average molecular weight is 279 g/mol. The van der Waals surface area contributed by atoms with Gasteiger partial charge in [0.2, 0.25) is 0 Å². The van der Waals surface area contributed by atoms with Crippen molar-refractivity contribution < 1.29 is 18.0 Å². The van der Waals surface area contributed by atoms with Gasteiger partial charge in [0.05, 0.1) is 5.56 Å². The molecule has 0 aliphatic carbocycles. The number of nitrogens with zero attached hydrogens (tertiary/aromatic N) is 1. The Labute approximate surface area is 114 Å². The molecule has 0 radical (unpaired) electrons. The summed E-state index contributed by atoms with van der Waals surface area (Å²) in [6.07, 6.45) is -0.783. The fraction of sp³-hybridized carbons (Fsp3) is 0.200. The zero-order valence-corrected chi connectivity index (χ0v) is 10.5. The van der Waals surface area contributed by atoms with Crippen LogP contribution in [0.1, 0.15) is 16.7 Å². The van der Waals surface area contributed by atoms with Gasteiger partial charge in [0.15, 0.2) is 0 Å².